The molecular weight excluding hydrogens is 366 g/mol. The number of amides is 1. The summed E-state index contributed by atoms with van der Waals surface area (Å²) in [5.41, 5.74) is 0.815. The Balaban J connectivity index is 2.20. The fourth-order valence-electron chi connectivity index (χ4n) is 2.41. The minimum atomic E-state index is -3.91. The topological polar surface area (TPSA) is 108 Å². The summed E-state index contributed by atoms with van der Waals surface area (Å²) in [4.78, 5) is 12.5. The lowest BCUT2D eigenvalue weighted by Gasteiger charge is -2.18. The van der Waals surface area contributed by atoms with Gasteiger partial charge in [-0.3, -0.25) is 4.79 Å². The highest BCUT2D eigenvalue weighted by molar-refractivity contribution is 7.89. The zero-order valence-electron chi connectivity index (χ0n) is 14.9. The van der Waals surface area contributed by atoms with Crippen molar-refractivity contribution in [1.29, 1.82) is 5.26 Å². The number of methoxy groups -OCH3 is 1. The number of carbonyl (C=O) groups excluding carboxylic acids is 1. The SMILES string of the molecule is COc1ccc(S(=O)(=O)NC(Cc2ccccc2)C(=O)NCCC#N)cc1. The molecule has 2 rings (SSSR count). The van der Waals surface area contributed by atoms with Gasteiger partial charge in [-0.25, -0.2) is 8.42 Å². The van der Waals surface area contributed by atoms with Crippen molar-refractivity contribution < 1.29 is 17.9 Å². The Kier molecular flexibility index (Phi) is 7.34. The standard InChI is InChI=1S/C19H21N3O4S/c1-26-16-8-10-17(11-9-16)27(24,25)22-18(19(23)21-13-5-12-20)14-15-6-3-2-4-7-15/h2-4,6-11,18,22H,5,13-14H2,1H3,(H,21,23). The van der Waals surface area contributed by atoms with E-state index >= 15 is 0 Å². The van der Waals surface area contributed by atoms with Gasteiger partial charge in [0.05, 0.1) is 24.5 Å². The van der Waals surface area contributed by atoms with E-state index < -0.39 is 22.0 Å². The van der Waals surface area contributed by atoms with Gasteiger partial charge in [0.25, 0.3) is 0 Å². The van der Waals surface area contributed by atoms with Crippen molar-refractivity contribution in [2.45, 2.75) is 23.8 Å². The number of benzene rings is 2. The predicted octanol–water partition coefficient (Wildman–Crippen LogP) is 1.61. The highest BCUT2D eigenvalue weighted by Gasteiger charge is 2.26. The third kappa shape index (κ3) is 6.09. The molecule has 0 spiro atoms. The molecule has 0 bridgehead atoms. The molecule has 2 N–H and O–H groups in total. The first-order valence-electron chi connectivity index (χ1n) is 8.31. The molecule has 2 aromatic rings. The summed E-state index contributed by atoms with van der Waals surface area (Å²) in [7, 11) is -2.42. The molecule has 8 heteroatoms. The smallest absolute Gasteiger partial charge is 0.241 e. The maximum atomic E-state index is 12.7. The minimum absolute atomic E-state index is 0.0335. The van der Waals surface area contributed by atoms with Gasteiger partial charge in [0.15, 0.2) is 0 Å². The Bertz CT molecular complexity index is 891. The van der Waals surface area contributed by atoms with Gasteiger partial charge < -0.3 is 10.1 Å². The van der Waals surface area contributed by atoms with E-state index in [4.69, 9.17) is 10.00 Å². The van der Waals surface area contributed by atoms with Crippen LogP contribution in [-0.2, 0) is 21.2 Å². The van der Waals surface area contributed by atoms with E-state index in [1.165, 1.54) is 31.4 Å². The third-order valence-electron chi connectivity index (χ3n) is 3.80. The molecule has 0 saturated carbocycles. The molecule has 0 aliphatic heterocycles. The lowest BCUT2D eigenvalue weighted by Crippen LogP contribution is -2.48. The van der Waals surface area contributed by atoms with Crippen molar-refractivity contribution in [3.63, 3.8) is 0 Å². The number of carbonyl (C=O) groups is 1. The molecule has 1 atom stereocenters. The van der Waals surface area contributed by atoms with Crippen LogP contribution in [0.5, 0.6) is 5.75 Å². The van der Waals surface area contributed by atoms with Crippen molar-refractivity contribution in [2.24, 2.45) is 0 Å². The van der Waals surface area contributed by atoms with Gasteiger partial charge in [-0.15, -0.1) is 0 Å². The van der Waals surface area contributed by atoms with E-state index in [0.29, 0.717) is 5.75 Å². The molecule has 1 unspecified atom stereocenters. The molecule has 142 valence electrons. The van der Waals surface area contributed by atoms with Crippen LogP contribution < -0.4 is 14.8 Å². The maximum Gasteiger partial charge on any atom is 0.241 e. The lowest BCUT2D eigenvalue weighted by atomic mass is 10.1. The van der Waals surface area contributed by atoms with Crippen LogP contribution in [0.1, 0.15) is 12.0 Å². The van der Waals surface area contributed by atoms with Crippen LogP contribution in [0.2, 0.25) is 0 Å². The van der Waals surface area contributed by atoms with Crippen LogP contribution in [0.25, 0.3) is 0 Å². The Morgan fingerprint density at radius 2 is 1.81 bits per heavy atom. The summed E-state index contributed by atoms with van der Waals surface area (Å²) in [5.74, 6) is 0.0511. The molecule has 0 heterocycles. The van der Waals surface area contributed by atoms with Gasteiger partial charge in [0, 0.05) is 6.54 Å². The fraction of sp³-hybridized carbons (Fsp3) is 0.263. The van der Waals surface area contributed by atoms with E-state index in [0.717, 1.165) is 5.56 Å². The van der Waals surface area contributed by atoms with Crippen molar-refractivity contribution in [1.82, 2.24) is 10.0 Å². The highest BCUT2D eigenvalue weighted by atomic mass is 32.2. The zero-order chi connectivity index (χ0) is 19.7. The summed E-state index contributed by atoms with van der Waals surface area (Å²) in [6.45, 7) is 0.158. The van der Waals surface area contributed by atoms with Crippen LogP contribution in [0, 0.1) is 11.3 Å². The third-order valence-corrected chi connectivity index (χ3v) is 5.29. The Hall–Kier alpha value is -2.89. The average molecular weight is 387 g/mol. The normalized spacial score (nSPS) is 12.0. The van der Waals surface area contributed by atoms with Crippen molar-refractivity contribution in [3.05, 3.63) is 60.2 Å². The van der Waals surface area contributed by atoms with Crippen LogP contribution in [0.15, 0.2) is 59.5 Å². The Labute approximate surface area is 159 Å². The second kappa shape index (κ2) is 9.71. The van der Waals surface area contributed by atoms with Crippen LogP contribution in [-0.4, -0.2) is 34.0 Å². The van der Waals surface area contributed by atoms with E-state index in [1.807, 2.05) is 36.4 Å². The summed E-state index contributed by atoms with van der Waals surface area (Å²) < 4.78 is 32.9. The van der Waals surface area contributed by atoms with Crippen LogP contribution in [0.3, 0.4) is 0 Å². The number of hydrogen-bond acceptors (Lipinski definition) is 5. The summed E-state index contributed by atoms with van der Waals surface area (Å²) in [6.07, 6.45) is 0.337. The first-order chi connectivity index (χ1) is 13.0. The summed E-state index contributed by atoms with van der Waals surface area (Å²) in [6, 6.07) is 15.9. The predicted molar refractivity (Wildman–Crippen MR) is 100 cm³/mol. The minimum Gasteiger partial charge on any atom is -0.497 e. The molecule has 7 nitrogen and oxygen atoms in total. The van der Waals surface area contributed by atoms with Gasteiger partial charge in [-0.1, -0.05) is 30.3 Å². The van der Waals surface area contributed by atoms with Crippen molar-refractivity contribution in [2.75, 3.05) is 13.7 Å². The highest BCUT2D eigenvalue weighted by Crippen LogP contribution is 2.16. The summed E-state index contributed by atoms with van der Waals surface area (Å²) in [5, 5.41) is 11.2. The number of sulfonamides is 1. The van der Waals surface area contributed by atoms with E-state index in [9.17, 15) is 13.2 Å². The van der Waals surface area contributed by atoms with E-state index in [2.05, 4.69) is 10.0 Å². The second-order valence-corrected chi connectivity index (χ2v) is 7.45. The van der Waals surface area contributed by atoms with Crippen LogP contribution in [0.4, 0.5) is 0 Å². The molecule has 0 aromatic heterocycles. The molecule has 0 radical (unpaired) electrons. The Morgan fingerprint density at radius 3 is 2.41 bits per heavy atom. The second-order valence-electron chi connectivity index (χ2n) is 5.74. The van der Waals surface area contributed by atoms with Crippen LogP contribution >= 0.6 is 0 Å². The first-order valence-corrected chi connectivity index (χ1v) is 9.79. The molecule has 0 aliphatic rings. The Morgan fingerprint density at radius 1 is 1.15 bits per heavy atom. The monoisotopic (exact) mass is 387 g/mol. The van der Waals surface area contributed by atoms with Crippen molar-refractivity contribution >= 4 is 15.9 Å². The lowest BCUT2D eigenvalue weighted by molar-refractivity contribution is -0.122. The first kappa shape index (κ1) is 20.4. The largest absolute Gasteiger partial charge is 0.497 e. The number of nitriles is 1. The maximum absolute atomic E-state index is 12.7. The van der Waals surface area contributed by atoms with Gasteiger partial charge in [-0.05, 0) is 36.2 Å². The number of ether oxygens (including phenoxy) is 1. The molecule has 0 aliphatic carbocycles. The fourth-order valence-corrected chi connectivity index (χ4v) is 3.61. The average Bonchev–Trinajstić information content (AvgIpc) is 2.68. The van der Waals surface area contributed by atoms with Gasteiger partial charge in [0.1, 0.15) is 11.8 Å². The molecule has 27 heavy (non-hydrogen) atoms. The molecule has 0 fully saturated rings. The number of hydrogen-bond donors (Lipinski definition) is 2. The van der Waals surface area contributed by atoms with Gasteiger partial charge >= 0.3 is 0 Å². The summed E-state index contributed by atoms with van der Waals surface area (Å²) >= 11 is 0. The number of rotatable bonds is 9. The van der Waals surface area contributed by atoms with E-state index in [-0.39, 0.29) is 24.3 Å². The molecule has 2 aromatic carbocycles. The quantitative estimate of drug-likeness (QED) is 0.636. The molecular formula is C19H21N3O4S. The van der Waals surface area contributed by atoms with Gasteiger partial charge in [-0.2, -0.15) is 9.98 Å². The van der Waals surface area contributed by atoms with E-state index in [1.54, 1.807) is 0 Å². The molecule has 0 saturated heterocycles. The number of nitrogens with zero attached hydrogens (tertiary/aromatic N) is 1. The van der Waals surface area contributed by atoms with Crippen molar-refractivity contribution in [3.8, 4) is 11.8 Å². The molecule has 1 amide bonds. The van der Waals surface area contributed by atoms with Gasteiger partial charge in [0.2, 0.25) is 15.9 Å². The number of nitrogens with one attached hydrogen (secondary N) is 2. The zero-order valence-corrected chi connectivity index (χ0v) is 15.7.